The van der Waals surface area contributed by atoms with Gasteiger partial charge in [0.25, 0.3) is 0 Å². The molecule has 0 amide bonds. The van der Waals surface area contributed by atoms with E-state index in [0.29, 0.717) is 20.7 Å². The first-order valence-electron chi connectivity index (χ1n) is 6.90. The molecule has 0 saturated heterocycles. The number of hydrogen-bond donors (Lipinski definition) is 1. The minimum Gasteiger partial charge on any atom is -0.504 e. The molecule has 0 unspecified atom stereocenters. The number of halogens is 2. The summed E-state index contributed by atoms with van der Waals surface area (Å²) in [5.74, 6) is -0.755. The Morgan fingerprint density at radius 1 is 1.30 bits per heavy atom. The number of carbonyl (C=O) groups excluding carboxylic acids is 1. The zero-order chi connectivity index (χ0) is 17.0. The van der Waals surface area contributed by atoms with E-state index in [1.807, 2.05) is 0 Å². The highest BCUT2D eigenvalue weighted by Crippen LogP contribution is 2.33. The Labute approximate surface area is 147 Å². The van der Waals surface area contributed by atoms with Gasteiger partial charge in [-0.3, -0.25) is 9.79 Å². The number of benzene rings is 2. The van der Waals surface area contributed by atoms with Crippen LogP contribution in [0.2, 0.25) is 5.02 Å². The number of ether oxygens (including phenoxy) is 1. The molecule has 0 spiro atoms. The smallest absolute Gasteiger partial charge is 0.313 e. The van der Waals surface area contributed by atoms with Crippen LogP contribution in [0.25, 0.3) is 0 Å². The van der Waals surface area contributed by atoms with Crippen molar-refractivity contribution in [1.29, 1.82) is 0 Å². The number of phenolic OH excluding ortho intramolecular Hbond substituents is 1. The fourth-order valence-electron chi connectivity index (χ4n) is 1.67. The fraction of sp³-hybridized carbons (Fsp3) is 0.176. The summed E-state index contributed by atoms with van der Waals surface area (Å²) in [7, 11) is 0. The summed E-state index contributed by atoms with van der Waals surface area (Å²) in [6, 6.07) is 10.2. The summed E-state index contributed by atoms with van der Waals surface area (Å²) in [5, 5.41) is 10.9. The summed E-state index contributed by atoms with van der Waals surface area (Å²) in [6.07, 6.45) is 1.50. The van der Waals surface area contributed by atoms with Crippen LogP contribution in [0.3, 0.4) is 0 Å². The van der Waals surface area contributed by atoms with Gasteiger partial charge in [-0.25, -0.2) is 0 Å². The molecule has 2 rings (SSSR count). The number of carbonyl (C=O) groups is 1. The van der Waals surface area contributed by atoms with E-state index in [-0.39, 0.29) is 17.4 Å². The van der Waals surface area contributed by atoms with Crippen molar-refractivity contribution in [2.75, 3.05) is 0 Å². The van der Waals surface area contributed by atoms with Crippen LogP contribution in [-0.2, 0) is 4.79 Å². The number of nitrogens with zero attached hydrogens (tertiary/aromatic N) is 1. The van der Waals surface area contributed by atoms with Gasteiger partial charge in [0.1, 0.15) is 0 Å². The van der Waals surface area contributed by atoms with Gasteiger partial charge in [0.2, 0.25) is 0 Å². The van der Waals surface area contributed by atoms with Crippen LogP contribution in [0.4, 0.5) is 5.69 Å². The first-order valence-corrected chi connectivity index (χ1v) is 8.07. The summed E-state index contributed by atoms with van der Waals surface area (Å²) < 4.78 is 5.86. The van der Waals surface area contributed by atoms with Crippen molar-refractivity contribution in [3.05, 3.63) is 51.5 Å². The van der Waals surface area contributed by atoms with Gasteiger partial charge in [-0.2, -0.15) is 0 Å². The summed E-state index contributed by atoms with van der Waals surface area (Å²) in [5.41, 5.74) is 1.12. The zero-order valence-electron chi connectivity index (χ0n) is 12.6. The number of rotatable bonds is 4. The van der Waals surface area contributed by atoms with Crippen LogP contribution in [0.1, 0.15) is 19.4 Å². The molecule has 0 radical (unpaired) electrons. The lowest BCUT2D eigenvalue weighted by Crippen LogP contribution is -2.15. The molecule has 0 atom stereocenters. The Hall–Kier alpha value is -1.85. The molecule has 0 aliphatic rings. The van der Waals surface area contributed by atoms with Crippen molar-refractivity contribution in [1.82, 2.24) is 0 Å². The van der Waals surface area contributed by atoms with Crippen LogP contribution in [-0.4, -0.2) is 17.3 Å². The molecule has 6 heteroatoms. The van der Waals surface area contributed by atoms with E-state index < -0.39 is 5.97 Å². The number of hydrogen-bond acceptors (Lipinski definition) is 4. The predicted octanol–water partition coefficient (Wildman–Crippen LogP) is 5.12. The highest BCUT2D eigenvalue weighted by atomic mass is 79.9. The first-order chi connectivity index (χ1) is 10.9. The average Bonchev–Trinajstić information content (AvgIpc) is 2.50. The van der Waals surface area contributed by atoms with Crippen LogP contribution in [0.5, 0.6) is 11.5 Å². The summed E-state index contributed by atoms with van der Waals surface area (Å²) in [4.78, 5) is 16.0. The molecule has 23 heavy (non-hydrogen) atoms. The van der Waals surface area contributed by atoms with Crippen LogP contribution < -0.4 is 4.74 Å². The minimum atomic E-state index is -0.418. The first kappa shape index (κ1) is 17.5. The normalized spacial score (nSPS) is 11.2. The molecule has 4 nitrogen and oxygen atoms in total. The molecule has 1 N–H and O–H groups in total. The van der Waals surface area contributed by atoms with Gasteiger partial charge in [0.15, 0.2) is 11.5 Å². The maximum Gasteiger partial charge on any atom is 0.313 e. The van der Waals surface area contributed by atoms with Crippen molar-refractivity contribution in [2.24, 2.45) is 10.9 Å². The van der Waals surface area contributed by atoms with Gasteiger partial charge in [0.05, 0.1) is 11.6 Å². The molecule has 0 saturated carbocycles. The third kappa shape index (κ3) is 4.81. The lowest BCUT2D eigenvalue weighted by Gasteiger charge is -2.10. The quantitative estimate of drug-likeness (QED) is 0.443. The van der Waals surface area contributed by atoms with Crippen molar-refractivity contribution >= 4 is 45.4 Å². The number of phenols is 1. The van der Waals surface area contributed by atoms with Crippen molar-refractivity contribution < 1.29 is 14.6 Å². The van der Waals surface area contributed by atoms with E-state index in [9.17, 15) is 9.90 Å². The maximum atomic E-state index is 11.7. The van der Waals surface area contributed by atoms with Gasteiger partial charge in [-0.15, -0.1) is 0 Å². The van der Waals surface area contributed by atoms with Gasteiger partial charge >= 0.3 is 5.97 Å². The molecular weight excluding hydrogens is 382 g/mol. The highest BCUT2D eigenvalue weighted by molar-refractivity contribution is 9.10. The van der Waals surface area contributed by atoms with E-state index in [1.165, 1.54) is 12.3 Å². The molecule has 0 aliphatic carbocycles. The van der Waals surface area contributed by atoms with E-state index >= 15 is 0 Å². The third-order valence-electron chi connectivity index (χ3n) is 2.93. The molecule has 2 aromatic rings. The summed E-state index contributed by atoms with van der Waals surface area (Å²) in [6.45, 7) is 3.44. The van der Waals surface area contributed by atoms with E-state index in [0.717, 1.165) is 0 Å². The van der Waals surface area contributed by atoms with Crippen LogP contribution >= 0.6 is 27.5 Å². The van der Waals surface area contributed by atoms with E-state index in [1.54, 1.807) is 44.2 Å². The van der Waals surface area contributed by atoms with Crippen molar-refractivity contribution in [3.8, 4) is 11.5 Å². The van der Waals surface area contributed by atoms with Gasteiger partial charge in [0, 0.05) is 21.3 Å². The standard InChI is InChI=1S/C17H15BrClNO3/c1-10(2)17(22)23-15-8-12(18)7-11(16(15)21)9-20-14-5-3-13(19)4-6-14/h3-10,21H,1-2H3. The fourth-order valence-corrected chi connectivity index (χ4v) is 2.25. The van der Waals surface area contributed by atoms with Gasteiger partial charge < -0.3 is 9.84 Å². The van der Waals surface area contributed by atoms with Crippen LogP contribution in [0, 0.1) is 5.92 Å². The Morgan fingerprint density at radius 3 is 2.57 bits per heavy atom. The zero-order valence-corrected chi connectivity index (χ0v) is 14.9. The highest BCUT2D eigenvalue weighted by Gasteiger charge is 2.15. The average molecular weight is 397 g/mol. The second-order valence-corrected chi connectivity index (χ2v) is 6.50. The largest absolute Gasteiger partial charge is 0.504 e. The second kappa shape index (κ2) is 7.62. The lowest BCUT2D eigenvalue weighted by atomic mass is 10.2. The Morgan fingerprint density at radius 2 is 1.96 bits per heavy atom. The molecule has 0 aliphatic heterocycles. The Kier molecular flexibility index (Phi) is 5.80. The lowest BCUT2D eigenvalue weighted by molar-refractivity contribution is -0.137. The predicted molar refractivity (Wildman–Crippen MR) is 95.0 cm³/mol. The number of aliphatic imine (C=N–C) groups is 1. The molecule has 120 valence electrons. The Balaban J connectivity index is 2.30. The molecule has 0 aromatic heterocycles. The molecule has 0 fully saturated rings. The molecule has 0 bridgehead atoms. The van der Waals surface area contributed by atoms with E-state index in [4.69, 9.17) is 16.3 Å². The van der Waals surface area contributed by atoms with Crippen molar-refractivity contribution in [2.45, 2.75) is 13.8 Å². The molecular formula is C17H15BrClNO3. The molecule has 0 heterocycles. The SMILES string of the molecule is CC(C)C(=O)Oc1cc(Br)cc(C=Nc2ccc(Cl)cc2)c1O. The summed E-state index contributed by atoms with van der Waals surface area (Å²) >= 11 is 9.15. The second-order valence-electron chi connectivity index (χ2n) is 5.15. The number of aromatic hydroxyl groups is 1. The third-order valence-corrected chi connectivity index (χ3v) is 3.64. The monoisotopic (exact) mass is 395 g/mol. The van der Waals surface area contributed by atoms with Gasteiger partial charge in [-0.05, 0) is 36.4 Å². The molecule has 2 aromatic carbocycles. The minimum absolute atomic E-state index is 0.0932. The Bertz CT molecular complexity index is 742. The number of esters is 1. The van der Waals surface area contributed by atoms with E-state index in [2.05, 4.69) is 20.9 Å². The van der Waals surface area contributed by atoms with Crippen molar-refractivity contribution in [3.63, 3.8) is 0 Å². The van der Waals surface area contributed by atoms with Crippen LogP contribution in [0.15, 0.2) is 45.9 Å². The topological polar surface area (TPSA) is 58.9 Å². The van der Waals surface area contributed by atoms with Gasteiger partial charge in [-0.1, -0.05) is 41.4 Å². The maximum absolute atomic E-state index is 11.7.